The summed E-state index contributed by atoms with van der Waals surface area (Å²) in [6.45, 7) is 7.35. The molecule has 19 heavy (non-hydrogen) atoms. The first-order chi connectivity index (χ1) is 8.90. The summed E-state index contributed by atoms with van der Waals surface area (Å²) in [6.07, 6.45) is 0.885. The number of oxime groups is 1. The maximum Gasteiger partial charge on any atom is 0.153 e. The van der Waals surface area contributed by atoms with Crippen LogP contribution in [0.1, 0.15) is 32.2 Å². The third-order valence-electron chi connectivity index (χ3n) is 3.08. The average Bonchev–Trinajstić information content (AvgIpc) is 2.64. The van der Waals surface area contributed by atoms with Crippen LogP contribution in [0.2, 0.25) is 0 Å². The summed E-state index contributed by atoms with van der Waals surface area (Å²) in [5, 5.41) is 16.2. The van der Waals surface area contributed by atoms with Gasteiger partial charge < -0.3 is 10.9 Å². The van der Waals surface area contributed by atoms with Crippen molar-refractivity contribution >= 4 is 21.8 Å². The van der Waals surface area contributed by atoms with Crippen molar-refractivity contribution in [3.63, 3.8) is 0 Å². The quantitative estimate of drug-likeness (QED) is 0.360. The van der Waals surface area contributed by atoms with Crippen LogP contribution in [0, 0.1) is 0 Å². The molecular formula is C12H22BrN5O. The van der Waals surface area contributed by atoms with Gasteiger partial charge in [-0.15, -0.1) is 0 Å². The maximum atomic E-state index is 8.69. The lowest BCUT2D eigenvalue weighted by Crippen LogP contribution is -2.38. The van der Waals surface area contributed by atoms with E-state index in [1.165, 1.54) is 0 Å². The zero-order valence-electron chi connectivity index (χ0n) is 11.9. The van der Waals surface area contributed by atoms with Gasteiger partial charge in [0.2, 0.25) is 0 Å². The van der Waals surface area contributed by atoms with Gasteiger partial charge in [0, 0.05) is 19.6 Å². The van der Waals surface area contributed by atoms with Crippen molar-refractivity contribution in [3.05, 3.63) is 15.9 Å². The smallest absolute Gasteiger partial charge is 0.153 e. The third-order valence-corrected chi connectivity index (χ3v) is 4.00. The Hall–Kier alpha value is -1.08. The van der Waals surface area contributed by atoms with Gasteiger partial charge in [-0.1, -0.05) is 12.1 Å². The second kappa shape index (κ2) is 6.91. The second-order valence-corrected chi connectivity index (χ2v) is 5.57. The van der Waals surface area contributed by atoms with Gasteiger partial charge in [-0.3, -0.25) is 9.58 Å². The van der Waals surface area contributed by atoms with Crippen LogP contribution in [0.4, 0.5) is 0 Å². The molecule has 3 N–H and O–H groups in total. The molecule has 0 saturated heterocycles. The van der Waals surface area contributed by atoms with Crippen molar-refractivity contribution in [1.82, 2.24) is 14.7 Å². The third kappa shape index (κ3) is 3.94. The highest BCUT2D eigenvalue weighted by Gasteiger charge is 2.18. The Morgan fingerprint density at radius 3 is 2.63 bits per heavy atom. The Bertz CT molecular complexity index is 455. The van der Waals surface area contributed by atoms with Gasteiger partial charge in [-0.2, -0.15) is 5.10 Å². The number of amidine groups is 1. The topological polar surface area (TPSA) is 79.7 Å². The Balaban J connectivity index is 2.94. The Morgan fingerprint density at radius 2 is 2.21 bits per heavy atom. The molecular weight excluding hydrogens is 310 g/mol. The number of halogens is 1. The highest BCUT2D eigenvalue weighted by molar-refractivity contribution is 9.10. The van der Waals surface area contributed by atoms with Crippen LogP contribution in [-0.2, 0) is 20.0 Å². The van der Waals surface area contributed by atoms with Crippen LogP contribution in [-0.4, -0.2) is 38.3 Å². The van der Waals surface area contributed by atoms with Gasteiger partial charge in [0.05, 0.1) is 22.4 Å². The van der Waals surface area contributed by atoms with E-state index in [0.29, 0.717) is 13.1 Å². The summed E-state index contributed by atoms with van der Waals surface area (Å²) in [5.74, 6) is 0.211. The number of nitrogens with two attached hydrogens (primary N) is 1. The van der Waals surface area contributed by atoms with Gasteiger partial charge in [-0.05, 0) is 36.2 Å². The molecule has 0 fully saturated rings. The highest BCUT2D eigenvalue weighted by atomic mass is 79.9. The van der Waals surface area contributed by atoms with Crippen LogP contribution in [0.5, 0.6) is 0 Å². The van der Waals surface area contributed by atoms with Gasteiger partial charge in [0.15, 0.2) is 5.84 Å². The maximum absolute atomic E-state index is 8.69. The first-order valence-corrected chi connectivity index (χ1v) is 7.10. The van der Waals surface area contributed by atoms with Crippen LogP contribution in [0.25, 0.3) is 0 Å². The molecule has 0 saturated carbocycles. The minimum absolute atomic E-state index is 0.211. The van der Waals surface area contributed by atoms with Crippen molar-refractivity contribution in [3.8, 4) is 0 Å². The molecule has 1 rings (SSSR count). The molecule has 7 heteroatoms. The number of rotatable bonds is 6. The molecule has 0 aromatic carbocycles. The van der Waals surface area contributed by atoms with E-state index in [1.54, 1.807) is 0 Å². The Labute approximate surface area is 122 Å². The van der Waals surface area contributed by atoms with E-state index in [9.17, 15) is 0 Å². The zero-order valence-corrected chi connectivity index (χ0v) is 13.5. The minimum Gasteiger partial charge on any atom is -0.409 e. The van der Waals surface area contributed by atoms with E-state index in [2.05, 4.69) is 51.9 Å². The second-order valence-electron chi connectivity index (χ2n) is 4.77. The van der Waals surface area contributed by atoms with E-state index >= 15 is 0 Å². The zero-order chi connectivity index (χ0) is 14.6. The van der Waals surface area contributed by atoms with Crippen molar-refractivity contribution in [2.45, 2.75) is 39.8 Å². The van der Waals surface area contributed by atoms with Crippen molar-refractivity contribution < 1.29 is 5.21 Å². The van der Waals surface area contributed by atoms with Gasteiger partial charge >= 0.3 is 0 Å². The van der Waals surface area contributed by atoms with Crippen LogP contribution in [0.3, 0.4) is 0 Å². The van der Waals surface area contributed by atoms with Gasteiger partial charge in [0.25, 0.3) is 0 Å². The summed E-state index contributed by atoms with van der Waals surface area (Å²) < 4.78 is 2.92. The molecule has 0 aliphatic heterocycles. The van der Waals surface area contributed by atoms with E-state index in [4.69, 9.17) is 10.9 Å². The fourth-order valence-electron chi connectivity index (χ4n) is 1.84. The Kier molecular flexibility index (Phi) is 5.81. The van der Waals surface area contributed by atoms with Crippen molar-refractivity contribution in [1.29, 1.82) is 0 Å². The van der Waals surface area contributed by atoms with E-state index in [-0.39, 0.29) is 11.9 Å². The minimum atomic E-state index is 0.211. The molecule has 0 radical (unpaired) electrons. The molecule has 0 aliphatic rings. The molecule has 0 atom stereocenters. The molecule has 0 unspecified atom stereocenters. The van der Waals surface area contributed by atoms with E-state index in [1.807, 2.05) is 11.7 Å². The van der Waals surface area contributed by atoms with Crippen molar-refractivity contribution in [2.24, 2.45) is 17.9 Å². The molecule has 0 aliphatic carbocycles. The number of aromatic nitrogens is 2. The van der Waals surface area contributed by atoms with E-state index in [0.717, 1.165) is 22.3 Å². The standard InChI is InChI=1S/C12H22BrN5O/c1-5-9-12(13)10(17(4)15-9)6-18(8(2)3)7-11(14)16-19/h8,19H,5-7H2,1-4H3,(H2,14,16). The predicted octanol–water partition coefficient (Wildman–Crippen LogP) is 1.70. The summed E-state index contributed by atoms with van der Waals surface area (Å²) in [5.41, 5.74) is 7.74. The monoisotopic (exact) mass is 331 g/mol. The largest absolute Gasteiger partial charge is 0.409 e. The average molecular weight is 332 g/mol. The van der Waals surface area contributed by atoms with Crippen molar-refractivity contribution in [2.75, 3.05) is 6.54 Å². The lowest BCUT2D eigenvalue weighted by molar-refractivity contribution is 0.232. The molecule has 1 heterocycles. The predicted molar refractivity (Wildman–Crippen MR) is 79.2 cm³/mol. The van der Waals surface area contributed by atoms with Gasteiger partial charge in [0.1, 0.15) is 0 Å². The summed E-state index contributed by atoms with van der Waals surface area (Å²) in [6, 6.07) is 0.284. The number of aryl methyl sites for hydroxylation is 2. The Morgan fingerprint density at radius 1 is 1.58 bits per heavy atom. The molecule has 1 aromatic heterocycles. The molecule has 108 valence electrons. The normalized spacial score (nSPS) is 12.7. The molecule has 0 amide bonds. The number of hydrogen-bond acceptors (Lipinski definition) is 4. The molecule has 0 bridgehead atoms. The summed E-state index contributed by atoms with van der Waals surface area (Å²) in [7, 11) is 1.93. The number of nitrogens with zero attached hydrogens (tertiary/aromatic N) is 4. The number of hydrogen-bond donors (Lipinski definition) is 2. The van der Waals surface area contributed by atoms with Crippen LogP contribution >= 0.6 is 15.9 Å². The lowest BCUT2D eigenvalue weighted by atomic mass is 10.2. The first-order valence-electron chi connectivity index (χ1n) is 6.31. The fourth-order valence-corrected chi connectivity index (χ4v) is 2.59. The fraction of sp³-hybridized carbons (Fsp3) is 0.667. The van der Waals surface area contributed by atoms with Gasteiger partial charge in [-0.25, -0.2) is 0 Å². The SMILES string of the molecule is CCc1nn(C)c(CN(CC(N)=NO)C(C)C)c1Br. The van der Waals surface area contributed by atoms with E-state index < -0.39 is 0 Å². The van der Waals surface area contributed by atoms with Crippen LogP contribution < -0.4 is 5.73 Å². The van der Waals surface area contributed by atoms with Crippen LogP contribution in [0.15, 0.2) is 9.63 Å². The molecule has 1 aromatic rings. The first kappa shape index (κ1) is 16.0. The summed E-state index contributed by atoms with van der Waals surface area (Å²) >= 11 is 3.60. The lowest BCUT2D eigenvalue weighted by Gasteiger charge is -2.25. The summed E-state index contributed by atoms with van der Waals surface area (Å²) in [4.78, 5) is 2.12. The molecule has 6 nitrogen and oxygen atoms in total. The molecule has 0 spiro atoms. The highest BCUT2D eigenvalue weighted by Crippen LogP contribution is 2.23.